The van der Waals surface area contributed by atoms with Crippen molar-refractivity contribution in [3.8, 4) is 11.3 Å². The van der Waals surface area contributed by atoms with Gasteiger partial charge in [-0.05, 0) is 55.3 Å². The lowest BCUT2D eigenvalue weighted by Crippen LogP contribution is -2.01. The normalized spacial score (nSPS) is 10.7. The topological polar surface area (TPSA) is 38.1 Å². The highest BCUT2D eigenvalue weighted by Gasteiger charge is 2.07. The molecule has 0 atom stereocenters. The Morgan fingerprint density at radius 2 is 1.86 bits per heavy atom. The van der Waals surface area contributed by atoms with Gasteiger partial charge in [0.2, 0.25) is 5.89 Å². The molecular weight excluding hydrogens is 296 g/mol. The van der Waals surface area contributed by atoms with Gasteiger partial charge in [-0.15, -0.1) is 0 Å². The molecule has 0 aliphatic carbocycles. The quantitative estimate of drug-likeness (QED) is 0.717. The van der Waals surface area contributed by atoms with E-state index in [2.05, 4.69) is 36.3 Å². The Morgan fingerprint density at radius 1 is 1.09 bits per heavy atom. The fourth-order valence-corrected chi connectivity index (χ4v) is 2.38. The second kappa shape index (κ2) is 6.24. The smallest absolute Gasteiger partial charge is 0.214 e. The van der Waals surface area contributed by atoms with Gasteiger partial charge < -0.3 is 9.73 Å². The van der Waals surface area contributed by atoms with Crippen molar-refractivity contribution in [2.75, 3.05) is 5.32 Å². The highest BCUT2D eigenvalue weighted by Crippen LogP contribution is 2.23. The van der Waals surface area contributed by atoms with Crippen LogP contribution in [0, 0.1) is 13.8 Å². The van der Waals surface area contributed by atoms with Gasteiger partial charge in [0.25, 0.3) is 0 Å². The number of benzene rings is 2. The van der Waals surface area contributed by atoms with Gasteiger partial charge >= 0.3 is 0 Å². The number of nitrogens with one attached hydrogen (secondary N) is 1. The average Bonchev–Trinajstić information content (AvgIpc) is 2.98. The van der Waals surface area contributed by atoms with Crippen LogP contribution in [0.4, 0.5) is 5.69 Å². The van der Waals surface area contributed by atoms with E-state index in [0.717, 1.165) is 17.0 Å². The Bertz CT molecular complexity index is 778. The van der Waals surface area contributed by atoms with Crippen LogP contribution in [0.2, 0.25) is 5.02 Å². The van der Waals surface area contributed by atoms with Crippen LogP contribution in [0.3, 0.4) is 0 Å². The first-order valence-corrected chi connectivity index (χ1v) is 7.52. The molecule has 0 aliphatic heterocycles. The van der Waals surface area contributed by atoms with Crippen molar-refractivity contribution in [3.05, 3.63) is 70.7 Å². The summed E-state index contributed by atoms with van der Waals surface area (Å²) in [5.41, 5.74) is 4.58. The number of halogens is 1. The van der Waals surface area contributed by atoms with Crippen LogP contribution in [0.15, 0.2) is 53.1 Å². The summed E-state index contributed by atoms with van der Waals surface area (Å²) >= 11 is 5.89. The van der Waals surface area contributed by atoms with E-state index in [9.17, 15) is 0 Å². The Hall–Kier alpha value is -2.26. The van der Waals surface area contributed by atoms with Crippen LogP contribution in [-0.2, 0) is 6.54 Å². The van der Waals surface area contributed by atoms with Gasteiger partial charge in [-0.3, -0.25) is 0 Å². The molecule has 4 heteroatoms. The number of hydrogen-bond acceptors (Lipinski definition) is 3. The van der Waals surface area contributed by atoms with Crippen LogP contribution in [0.5, 0.6) is 0 Å². The second-order valence-corrected chi connectivity index (χ2v) is 5.66. The van der Waals surface area contributed by atoms with Crippen molar-refractivity contribution in [1.29, 1.82) is 0 Å². The number of hydrogen-bond donors (Lipinski definition) is 1. The first-order chi connectivity index (χ1) is 10.6. The Kier molecular flexibility index (Phi) is 4.16. The summed E-state index contributed by atoms with van der Waals surface area (Å²) in [4.78, 5) is 4.32. The van der Waals surface area contributed by atoms with Crippen LogP contribution < -0.4 is 5.32 Å². The molecule has 2 aromatic carbocycles. The van der Waals surface area contributed by atoms with E-state index in [4.69, 9.17) is 16.0 Å². The fourth-order valence-electron chi connectivity index (χ4n) is 2.25. The summed E-state index contributed by atoms with van der Waals surface area (Å²) in [6.07, 6.45) is 1.74. The van der Waals surface area contributed by atoms with Crippen molar-refractivity contribution in [3.63, 3.8) is 0 Å². The lowest BCUT2D eigenvalue weighted by Gasteiger charge is -2.09. The number of aromatic nitrogens is 1. The maximum Gasteiger partial charge on any atom is 0.214 e. The summed E-state index contributed by atoms with van der Waals surface area (Å²) in [6.45, 7) is 4.76. The first kappa shape index (κ1) is 14.7. The van der Waals surface area contributed by atoms with Crippen LogP contribution in [0.1, 0.15) is 17.0 Å². The van der Waals surface area contributed by atoms with E-state index in [0.29, 0.717) is 17.5 Å². The third-order valence-corrected chi connectivity index (χ3v) is 3.97. The average molecular weight is 313 g/mol. The Labute approximate surface area is 135 Å². The Morgan fingerprint density at radius 3 is 2.64 bits per heavy atom. The first-order valence-electron chi connectivity index (χ1n) is 7.14. The molecule has 0 saturated heterocycles. The largest absolute Gasteiger partial charge is 0.439 e. The minimum Gasteiger partial charge on any atom is -0.439 e. The summed E-state index contributed by atoms with van der Waals surface area (Å²) in [5, 5.41) is 4.08. The number of aryl methyl sites for hydroxylation is 1. The zero-order chi connectivity index (χ0) is 15.5. The number of rotatable bonds is 4. The third kappa shape index (κ3) is 3.15. The SMILES string of the molecule is Cc1cccc(NCc2ncc(-c3ccc(Cl)cc3)o2)c1C. The van der Waals surface area contributed by atoms with E-state index < -0.39 is 0 Å². The van der Waals surface area contributed by atoms with Crippen molar-refractivity contribution in [2.24, 2.45) is 0 Å². The molecule has 112 valence electrons. The molecule has 22 heavy (non-hydrogen) atoms. The molecule has 1 heterocycles. The zero-order valence-electron chi connectivity index (χ0n) is 12.6. The molecular formula is C18H17ClN2O. The monoisotopic (exact) mass is 312 g/mol. The van der Waals surface area contributed by atoms with Crippen LogP contribution in [0.25, 0.3) is 11.3 Å². The lowest BCUT2D eigenvalue weighted by atomic mass is 10.1. The summed E-state index contributed by atoms with van der Waals surface area (Å²) in [5.74, 6) is 1.40. The van der Waals surface area contributed by atoms with Crippen molar-refractivity contribution >= 4 is 17.3 Å². The molecule has 3 nitrogen and oxygen atoms in total. The van der Waals surface area contributed by atoms with Crippen molar-refractivity contribution < 1.29 is 4.42 Å². The van der Waals surface area contributed by atoms with E-state index in [1.165, 1.54) is 11.1 Å². The molecule has 1 N–H and O–H groups in total. The number of oxazole rings is 1. The summed E-state index contributed by atoms with van der Waals surface area (Å²) < 4.78 is 5.78. The van der Waals surface area contributed by atoms with Gasteiger partial charge in [-0.2, -0.15) is 0 Å². The molecule has 0 amide bonds. The van der Waals surface area contributed by atoms with Gasteiger partial charge in [0.05, 0.1) is 12.7 Å². The molecule has 0 fully saturated rings. The van der Waals surface area contributed by atoms with Gasteiger partial charge in [-0.1, -0.05) is 23.7 Å². The molecule has 0 spiro atoms. The third-order valence-electron chi connectivity index (χ3n) is 3.72. The minimum absolute atomic E-state index is 0.553. The molecule has 0 radical (unpaired) electrons. The standard InChI is InChI=1S/C18H17ClN2O/c1-12-4-3-5-16(13(12)2)20-11-18-21-10-17(22-18)14-6-8-15(19)9-7-14/h3-10,20H,11H2,1-2H3. The van der Waals surface area contributed by atoms with E-state index >= 15 is 0 Å². The van der Waals surface area contributed by atoms with Gasteiger partial charge in [0.15, 0.2) is 5.76 Å². The van der Waals surface area contributed by atoms with E-state index in [-0.39, 0.29) is 0 Å². The van der Waals surface area contributed by atoms with Crippen molar-refractivity contribution in [1.82, 2.24) is 4.98 Å². The van der Waals surface area contributed by atoms with E-state index in [1.54, 1.807) is 6.20 Å². The maximum atomic E-state index is 5.89. The molecule has 0 aliphatic rings. The number of anilines is 1. The van der Waals surface area contributed by atoms with Gasteiger partial charge in [-0.25, -0.2) is 4.98 Å². The second-order valence-electron chi connectivity index (χ2n) is 5.23. The fraction of sp³-hybridized carbons (Fsp3) is 0.167. The molecule has 0 unspecified atom stereocenters. The van der Waals surface area contributed by atoms with Gasteiger partial charge in [0, 0.05) is 16.3 Å². The zero-order valence-corrected chi connectivity index (χ0v) is 13.3. The molecule has 0 saturated carbocycles. The summed E-state index contributed by atoms with van der Waals surface area (Å²) in [6, 6.07) is 13.7. The number of nitrogens with zero attached hydrogens (tertiary/aromatic N) is 1. The van der Waals surface area contributed by atoms with Gasteiger partial charge in [0.1, 0.15) is 0 Å². The highest BCUT2D eigenvalue weighted by molar-refractivity contribution is 6.30. The molecule has 3 rings (SSSR count). The van der Waals surface area contributed by atoms with Crippen molar-refractivity contribution in [2.45, 2.75) is 20.4 Å². The predicted octanol–water partition coefficient (Wildman–Crippen LogP) is 5.22. The molecule has 0 bridgehead atoms. The van der Waals surface area contributed by atoms with Crippen LogP contribution in [-0.4, -0.2) is 4.98 Å². The minimum atomic E-state index is 0.553. The van der Waals surface area contributed by atoms with Crippen LogP contribution >= 0.6 is 11.6 Å². The Balaban J connectivity index is 1.72. The predicted molar refractivity (Wildman–Crippen MR) is 90.2 cm³/mol. The summed E-state index contributed by atoms with van der Waals surface area (Å²) in [7, 11) is 0. The maximum absolute atomic E-state index is 5.89. The molecule has 1 aromatic heterocycles. The molecule has 3 aromatic rings. The van der Waals surface area contributed by atoms with E-state index in [1.807, 2.05) is 30.3 Å². The highest BCUT2D eigenvalue weighted by atomic mass is 35.5. The lowest BCUT2D eigenvalue weighted by molar-refractivity contribution is 0.516.